The van der Waals surface area contributed by atoms with Crippen LogP contribution in [0.1, 0.15) is 51.9 Å². The minimum absolute atomic E-state index is 0.0229. The molecule has 3 N–H and O–H groups in total. The van der Waals surface area contributed by atoms with Crippen LogP contribution in [0.5, 0.6) is 0 Å². The van der Waals surface area contributed by atoms with Gasteiger partial charge in [0.1, 0.15) is 0 Å². The van der Waals surface area contributed by atoms with Crippen LogP contribution in [0.3, 0.4) is 0 Å². The van der Waals surface area contributed by atoms with Crippen molar-refractivity contribution >= 4 is 11.8 Å². The van der Waals surface area contributed by atoms with Crippen molar-refractivity contribution in [2.45, 2.75) is 76.4 Å². The summed E-state index contributed by atoms with van der Waals surface area (Å²) in [6.45, 7) is 3.53. The SMILES string of the molecule is C[C@H](CC1NNCN1C)C1CCCC(N2CC3C(CC(C(=O)N4CC(O)C4)CC3C(F)(F)F)C2=O)C1. The molecule has 5 rings (SSSR count). The molecule has 204 valence electrons. The Bertz CT molecular complexity index is 838. The number of β-amino-alcohol motifs (C(OH)–C–C–N with tert-alkyl or cyclic N) is 1. The van der Waals surface area contributed by atoms with E-state index in [1.165, 1.54) is 4.90 Å². The monoisotopic (exact) mass is 515 g/mol. The largest absolute Gasteiger partial charge is 0.392 e. The number of hydrazine groups is 1. The maximum atomic E-state index is 14.2. The fraction of sp³-hybridized carbons (Fsp3) is 0.920. The number of halogens is 3. The van der Waals surface area contributed by atoms with Crippen LogP contribution < -0.4 is 10.9 Å². The first-order chi connectivity index (χ1) is 17.0. The number of nitrogens with zero attached hydrogens (tertiary/aromatic N) is 3. The molecule has 2 amide bonds. The molecule has 0 radical (unpaired) electrons. The summed E-state index contributed by atoms with van der Waals surface area (Å²) in [5.74, 6) is -3.63. The average Bonchev–Trinajstić information content (AvgIpc) is 3.37. The van der Waals surface area contributed by atoms with Crippen molar-refractivity contribution in [3.63, 3.8) is 0 Å². The number of alkyl halides is 3. The van der Waals surface area contributed by atoms with Gasteiger partial charge in [-0.2, -0.15) is 13.2 Å². The fourth-order valence-electron chi connectivity index (χ4n) is 7.50. The first-order valence-corrected chi connectivity index (χ1v) is 13.6. The molecule has 0 aromatic rings. The van der Waals surface area contributed by atoms with Gasteiger partial charge in [-0.25, -0.2) is 10.9 Å². The number of nitrogens with one attached hydrogen (secondary N) is 2. The summed E-state index contributed by atoms with van der Waals surface area (Å²) < 4.78 is 42.5. The first-order valence-electron chi connectivity index (χ1n) is 13.6. The van der Waals surface area contributed by atoms with Gasteiger partial charge >= 0.3 is 6.18 Å². The molecule has 36 heavy (non-hydrogen) atoms. The minimum atomic E-state index is -4.44. The van der Waals surface area contributed by atoms with Gasteiger partial charge in [0.05, 0.1) is 24.9 Å². The molecule has 3 heterocycles. The number of rotatable bonds is 5. The number of amides is 2. The van der Waals surface area contributed by atoms with Crippen LogP contribution in [0.4, 0.5) is 13.2 Å². The Morgan fingerprint density at radius 2 is 1.92 bits per heavy atom. The van der Waals surface area contributed by atoms with Gasteiger partial charge < -0.3 is 14.9 Å². The van der Waals surface area contributed by atoms with Gasteiger partial charge in [0.15, 0.2) is 0 Å². The van der Waals surface area contributed by atoms with E-state index in [0.717, 1.165) is 38.8 Å². The van der Waals surface area contributed by atoms with Crippen LogP contribution in [-0.4, -0.2) is 89.5 Å². The van der Waals surface area contributed by atoms with E-state index in [0.29, 0.717) is 11.8 Å². The van der Waals surface area contributed by atoms with Crippen LogP contribution in [0.15, 0.2) is 0 Å². The fourth-order valence-corrected chi connectivity index (χ4v) is 7.50. The summed E-state index contributed by atoms with van der Waals surface area (Å²) >= 11 is 0. The molecule has 8 atom stereocenters. The summed E-state index contributed by atoms with van der Waals surface area (Å²) in [5, 5.41) is 9.53. The third-order valence-electron chi connectivity index (χ3n) is 9.72. The van der Waals surface area contributed by atoms with Crippen molar-refractivity contribution in [1.29, 1.82) is 0 Å². The summed E-state index contributed by atoms with van der Waals surface area (Å²) in [7, 11) is 2.07. The van der Waals surface area contributed by atoms with Crippen molar-refractivity contribution in [3.05, 3.63) is 0 Å². The van der Waals surface area contributed by atoms with Gasteiger partial charge in [0.25, 0.3) is 0 Å². The normalized spacial score (nSPS) is 39.3. The smallest absolute Gasteiger partial charge is 0.389 e. The Labute approximate surface area is 210 Å². The van der Waals surface area contributed by atoms with Gasteiger partial charge in [0.2, 0.25) is 11.8 Å². The molecule has 3 aliphatic heterocycles. The highest BCUT2D eigenvalue weighted by Gasteiger charge is 2.59. The number of aliphatic hydroxyl groups is 1. The summed E-state index contributed by atoms with van der Waals surface area (Å²) in [6.07, 6.45) is -0.138. The Morgan fingerprint density at radius 1 is 1.17 bits per heavy atom. The number of carbonyl (C=O) groups excluding carboxylic acids is 2. The summed E-state index contributed by atoms with van der Waals surface area (Å²) in [4.78, 5) is 31.8. The molecule has 5 fully saturated rings. The van der Waals surface area contributed by atoms with E-state index in [2.05, 4.69) is 29.7 Å². The average molecular weight is 516 g/mol. The Balaban J connectivity index is 1.26. The predicted octanol–water partition coefficient (Wildman–Crippen LogP) is 1.76. The van der Waals surface area contributed by atoms with E-state index in [-0.39, 0.29) is 56.5 Å². The first kappa shape index (κ1) is 26.2. The Hall–Kier alpha value is -1.43. The second kappa shape index (κ2) is 10.0. The minimum Gasteiger partial charge on any atom is -0.389 e. The molecule has 11 heteroatoms. The number of likely N-dealkylation sites (tertiary alicyclic amines) is 2. The zero-order valence-electron chi connectivity index (χ0n) is 21.2. The lowest BCUT2D eigenvalue weighted by atomic mass is 9.68. The zero-order valence-corrected chi connectivity index (χ0v) is 21.2. The van der Waals surface area contributed by atoms with E-state index in [1.807, 2.05) is 0 Å². The standard InChI is InChI=1S/C25H40F3N5O3/c1-14(6-22-30-29-13-31(22)2)15-4-3-5-17(7-15)33-12-20-19(24(33)36)8-16(9-21(20)25(26,27)28)23(35)32-10-18(34)11-32/h14-22,29-30,34H,3-13H2,1-2H3/t14-,15?,16?,17?,19?,20?,21?,22?/m1/s1. The van der Waals surface area contributed by atoms with Gasteiger partial charge in [-0.15, -0.1) is 0 Å². The summed E-state index contributed by atoms with van der Waals surface area (Å²) in [5.41, 5.74) is 6.45. The molecule has 5 aliphatic rings. The molecule has 2 saturated carbocycles. The maximum absolute atomic E-state index is 14.2. The van der Waals surface area contributed by atoms with Crippen molar-refractivity contribution in [3.8, 4) is 0 Å². The summed E-state index contributed by atoms with van der Waals surface area (Å²) in [6, 6.07) is -0.0229. The lowest BCUT2D eigenvalue weighted by Crippen LogP contribution is -2.56. The molecular formula is C25H40F3N5O3. The maximum Gasteiger partial charge on any atom is 0.392 e. The van der Waals surface area contributed by atoms with Crippen LogP contribution in [0, 0.1) is 35.5 Å². The van der Waals surface area contributed by atoms with E-state index in [9.17, 15) is 27.9 Å². The molecular weight excluding hydrogens is 475 g/mol. The van der Waals surface area contributed by atoms with Gasteiger partial charge in [-0.1, -0.05) is 19.8 Å². The zero-order chi connectivity index (χ0) is 25.8. The predicted molar refractivity (Wildman–Crippen MR) is 126 cm³/mol. The third-order valence-corrected chi connectivity index (χ3v) is 9.72. The third kappa shape index (κ3) is 5.00. The highest BCUT2D eigenvalue weighted by Crippen LogP contribution is 2.51. The molecule has 0 aromatic heterocycles. The molecule has 0 spiro atoms. The molecule has 0 aromatic carbocycles. The van der Waals surface area contributed by atoms with Crippen molar-refractivity contribution in [1.82, 2.24) is 25.6 Å². The van der Waals surface area contributed by atoms with E-state index >= 15 is 0 Å². The van der Waals surface area contributed by atoms with E-state index < -0.39 is 36.0 Å². The van der Waals surface area contributed by atoms with Crippen molar-refractivity contribution < 1.29 is 27.9 Å². The second-order valence-corrected chi connectivity index (χ2v) is 12.0. The van der Waals surface area contributed by atoms with Gasteiger partial charge in [0, 0.05) is 37.5 Å². The van der Waals surface area contributed by atoms with Crippen LogP contribution in [0.2, 0.25) is 0 Å². The Morgan fingerprint density at radius 3 is 2.56 bits per heavy atom. The quantitative estimate of drug-likeness (QED) is 0.517. The number of hydrogen-bond donors (Lipinski definition) is 3. The molecule has 0 bridgehead atoms. The molecule has 8 nitrogen and oxygen atoms in total. The van der Waals surface area contributed by atoms with Gasteiger partial charge in [-0.3, -0.25) is 14.5 Å². The van der Waals surface area contributed by atoms with E-state index in [1.54, 1.807) is 4.90 Å². The lowest BCUT2D eigenvalue weighted by Gasteiger charge is -2.42. The molecule has 3 saturated heterocycles. The molecule has 7 unspecified atom stereocenters. The lowest BCUT2D eigenvalue weighted by molar-refractivity contribution is -0.205. The van der Waals surface area contributed by atoms with Crippen LogP contribution in [-0.2, 0) is 9.59 Å². The van der Waals surface area contributed by atoms with Crippen molar-refractivity contribution in [2.75, 3.05) is 33.4 Å². The highest BCUT2D eigenvalue weighted by molar-refractivity contribution is 5.85. The topological polar surface area (TPSA) is 88.2 Å². The second-order valence-electron chi connectivity index (χ2n) is 12.0. The molecule has 2 aliphatic carbocycles. The number of aliphatic hydroxyl groups excluding tert-OH is 1. The number of fused-ring (bicyclic) bond motifs is 1. The Kier molecular flexibility index (Phi) is 7.30. The van der Waals surface area contributed by atoms with Crippen molar-refractivity contribution in [2.24, 2.45) is 35.5 Å². The van der Waals surface area contributed by atoms with Crippen LogP contribution >= 0.6 is 0 Å². The highest BCUT2D eigenvalue weighted by atomic mass is 19.4. The van der Waals surface area contributed by atoms with Gasteiger partial charge in [-0.05, 0) is 56.9 Å². The number of carbonyl (C=O) groups is 2. The number of hydrogen-bond acceptors (Lipinski definition) is 6. The van der Waals surface area contributed by atoms with E-state index in [4.69, 9.17) is 0 Å². The van der Waals surface area contributed by atoms with Crippen LogP contribution in [0.25, 0.3) is 0 Å².